The van der Waals surface area contributed by atoms with Crippen LogP contribution < -0.4 is 15.5 Å². The van der Waals surface area contributed by atoms with Crippen molar-refractivity contribution >= 4 is 34.4 Å². The van der Waals surface area contributed by atoms with Gasteiger partial charge in [-0.3, -0.25) is 9.78 Å². The minimum atomic E-state index is -4.55. The van der Waals surface area contributed by atoms with E-state index < -0.39 is 17.6 Å². The van der Waals surface area contributed by atoms with E-state index >= 15 is 0 Å². The highest BCUT2D eigenvalue weighted by atomic mass is 19.4. The van der Waals surface area contributed by atoms with Crippen LogP contribution in [0.15, 0.2) is 85.6 Å². The smallest absolute Gasteiger partial charge is 0.378 e. The van der Waals surface area contributed by atoms with Gasteiger partial charge in [0.15, 0.2) is 11.5 Å². The van der Waals surface area contributed by atoms with Crippen LogP contribution in [0, 0.1) is 0 Å². The molecule has 0 atom stereocenters. The van der Waals surface area contributed by atoms with E-state index in [0.717, 1.165) is 36.6 Å². The Kier molecular flexibility index (Phi) is 6.98. The molecule has 9 nitrogen and oxygen atoms in total. The number of anilines is 4. The first-order valence-electron chi connectivity index (χ1n) is 12.8. The van der Waals surface area contributed by atoms with Gasteiger partial charge in [-0.2, -0.15) is 13.2 Å². The first-order chi connectivity index (χ1) is 19.8. The summed E-state index contributed by atoms with van der Waals surface area (Å²) < 4.78 is 46.5. The average molecular weight is 560 g/mol. The maximum absolute atomic E-state index is 13.1. The Morgan fingerprint density at radius 3 is 2.56 bits per heavy atom. The topological polar surface area (TPSA) is 96.7 Å². The molecular formula is C29H24F3N7O2. The molecule has 0 radical (unpaired) electrons. The zero-order chi connectivity index (χ0) is 28.4. The van der Waals surface area contributed by atoms with E-state index in [1.54, 1.807) is 30.9 Å². The van der Waals surface area contributed by atoms with Crippen LogP contribution in [0.2, 0.25) is 0 Å². The second kappa shape index (κ2) is 10.9. The van der Waals surface area contributed by atoms with Crippen molar-refractivity contribution in [1.29, 1.82) is 0 Å². The molecular weight excluding hydrogens is 535 g/mol. The summed E-state index contributed by atoms with van der Waals surface area (Å²) in [6, 6.07) is 13.9. The molecule has 0 spiro atoms. The number of amides is 1. The van der Waals surface area contributed by atoms with Gasteiger partial charge in [0.05, 0.1) is 36.4 Å². The lowest BCUT2D eigenvalue weighted by atomic mass is 10.1. The van der Waals surface area contributed by atoms with Crippen molar-refractivity contribution in [2.45, 2.75) is 6.18 Å². The maximum atomic E-state index is 13.1. The number of benzene rings is 2. The minimum Gasteiger partial charge on any atom is -0.378 e. The fourth-order valence-electron chi connectivity index (χ4n) is 4.56. The molecule has 0 unspecified atom stereocenters. The number of nitrogens with one attached hydrogen (secondary N) is 2. The Morgan fingerprint density at radius 2 is 1.78 bits per heavy atom. The molecule has 0 bridgehead atoms. The molecule has 5 aromatic rings. The minimum absolute atomic E-state index is 0.116. The van der Waals surface area contributed by atoms with Crippen LogP contribution in [-0.4, -0.2) is 51.6 Å². The van der Waals surface area contributed by atoms with Crippen LogP contribution >= 0.6 is 0 Å². The van der Waals surface area contributed by atoms with Crippen LogP contribution in [0.5, 0.6) is 0 Å². The van der Waals surface area contributed by atoms with E-state index in [4.69, 9.17) is 9.72 Å². The number of rotatable bonds is 6. The Morgan fingerprint density at radius 1 is 0.976 bits per heavy atom. The number of carbonyl (C=O) groups excluding carboxylic acids is 1. The SMILES string of the molecule is O=C(Nc1cncc(-c2cn3ccnc3c(Nc3ccc(N4CCOCC4)cc3)n2)c1)c1cccc(C(F)(F)F)c1. The number of ether oxygens (including phenoxy) is 1. The second-order valence-electron chi connectivity index (χ2n) is 9.40. The normalized spacial score (nSPS) is 13.8. The Bertz CT molecular complexity index is 1700. The number of imidazole rings is 1. The summed E-state index contributed by atoms with van der Waals surface area (Å²) >= 11 is 0. The third-order valence-corrected chi connectivity index (χ3v) is 6.62. The van der Waals surface area contributed by atoms with Crippen molar-refractivity contribution in [2.24, 2.45) is 0 Å². The number of morpholine rings is 1. The van der Waals surface area contributed by atoms with Crippen molar-refractivity contribution in [3.05, 3.63) is 96.7 Å². The van der Waals surface area contributed by atoms with Gasteiger partial charge in [0.2, 0.25) is 0 Å². The number of aromatic nitrogens is 4. The summed E-state index contributed by atoms with van der Waals surface area (Å²) in [6.45, 7) is 3.11. The van der Waals surface area contributed by atoms with Gasteiger partial charge in [-0.05, 0) is 48.5 Å². The van der Waals surface area contributed by atoms with Crippen LogP contribution in [0.25, 0.3) is 16.9 Å². The van der Waals surface area contributed by atoms with Gasteiger partial charge >= 0.3 is 6.18 Å². The van der Waals surface area contributed by atoms with E-state index in [1.807, 2.05) is 28.7 Å². The molecule has 41 heavy (non-hydrogen) atoms. The largest absolute Gasteiger partial charge is 0.416 e. The van der Waals surface area contributed by atoms with Gasteiger partial charge in [0.25, 0.3) is 5.91 Å². The van der Waals surface area contributed by atoms with E-state index in [2.05, 4.69) is 25.5 Å². The molecule has 1 aliphatic heterocycles. The first kappa shape index (κ1) is 26.3. The van der Waals surface area contributed by atoms with Crippen molar-refractivity contribution in [3.63, 3.8) is 0 Å². The fraction of sp³-hybridized carbons (Fsp3) is 0.172. The molecule has 1 aliphatic rings. The van der Waals surface area contributed by atoms with Crippen molar-refractivity contribution < 1.29 is 22.7 Å². The molecule has 0 saturated carbocycles. The lowest BCUT2D eigenvalue weighted by Gasteiger charge is -2.28. The summed E-state index contributed by atoms with van der Waals surface area (Å²) in [4.78, 5) is 28.4. The Balaban J connectivity index is 1.24. The average Bonchev–Trinajstić information content (AvgIpc) is 3.47. The van der Waals surface area contributed by atoms with Crippen molar-refractivity contribution in [3.8, 4) is 11.3 Å². The van der Waals surface area contributed by atoms with Crippen LogP contribution in [0.3, 0.4) is 0 Å². The van der Waals surface area contributed by atoms with E-state index in [1.165, 1.54) is 18.3 Å². The molecule has 2 N–H and O–H groups in total. The van der Waals surface area contributed by atoms with Gasteiger partial charge < -0.3 is 24.7 Å². The molecule has 1 saturated heterocycles. The van der Waals surface area contributed by atoms with Gasteiger partial charge in [-0.25, -0.2) is 9.97 Å². The lowest BCUT2D eigenvalue weighted by molar-refractivity contribution is -0.137. The van der Waals surface area contributed by atoms with Gasteiger partial charge in [-0.15, -0.1) is 0 Å². The van der Waals surface area contributed by atoms with Gasteiger partial charge in [-0.1, -0.05) is 6.07 Å². The number of carbonyl (C=O) groups is 1. The molecule has 6 rings (SSSR count). The summed E-state index contributed by atoms with van der Waals surface area (Å²) in [5, 5.41) is 5.96. The first-order valence-corrected chi connectivity index (χ1v) is 12.8. The highest BCUT2D eigenvalue weighted by molar-refractivity contribution is 6.04. The molecule has 2 aromatic carbocycles. The third-order valence-electron chi connectivity index (χ3n) is 6.62. The highest BCUT2D eigenvalue weighted by Crippen LogP contribution is 2.30. The summed E-state index contributed by atoms with van der Waals surface area (Å²) in [5.41, 5.74) is 3.00. The fourth-order valence-corrected chi connectivity index (χ4v) is 4.56. The standard InChI is InChI=1S/C29H24F3N7O2/c30-29(31,32)21-3-1-2-19(14-21)28(40)36-23-15-20(16-33-17-23)25-18-39-9-8-34-27(39)26(37-25)35-22-4-6-24(7-5-22)38-10-12-41-13-11-38/h1-9,14-18H,10-13H2,(H,35,37)(H,36,40). The molecule has 4 heterocycles. The number of fused-ring (bicyclic) bond motifs is 1. The quantitative estimate of drug-likeness (QED) is 0.278. The van der Waals surface area contributed by atoms with Crippen LogP contribution in [-0.2, 0) is 10.9 Å². The van der Waals surface area contributed by atoms with Crippen molar-refractivity contribution in [1.82, 2.24) is 19.4 Å². The second-order valence-corrected chi connectivity index (χ2v) is 9.40. The summed E-state index contributed by atoms with van der Waals surface area (Å²) in [7, 11) is 0. The van der Waals surface area contributed by atoms with E-state index in [9.17, 15) is 18.0 Å². The van der Waals surface area contributed by atoms with E-state index in [-0.39, 0.29) is 5.56 Å². The molecule has 0 aliphatic carbocycles. The number of alkyl halides is 3. The Hall–Kier alpha value is -4.97. The zero-order valence-corrected chi connectivity index (χ0v) is 21.6. The number of hydrogen-bond donors (Lipinski definition) is 2. The van der Waals surface area contributed by atoms with Crippen LogP contribution in [0.1, 0.15) is 15.9 Å². The predicted octanol–water partition coefficient (Wildman–Crippen LogP) is 5.64. The monoisotopic (exact) mass is 559 g/mol. The number of pyridine rings is 1. The third kappa shape index (κ3) is 5.82. The molecule has 1 fully saturated rings. The zero-order valence-electron chi connectivity index (χ0n) is 21.6. The Labute approximate surface area is 232 Å². The number of halogens is 3. The molecule has 1 amide bonds. The molecule has 208 valence electrons. The number of nitrogens with zero attached hydrogens (tertiary/aromatic N) is 5. The number of hydrogen-bond acceptors (Lipinski definition) is 7. The van der Waals surface area contributed by atoms with E-state index in [0.29, 0.717) is 41.6 Å². The van der Waals surface area contributed by atoms with Crippen LogP contribution in [0.4, 0.5) is 36.1 Å². The lowest BCUT2D eigenvalue weighted by Crippen LogP contribution is -2.36. The predicted molar refractivity (Wildman–Crippen MR) is 148 cm³/mol. The summed E-state index contributed by atoms with van der Waals surface area (Å²) in [6.07, 6.45) is 3.69. The van der Waals surface area contributed by atoms with Gasteiger partial charge in [0, 0.05) is 60.4 Å². The maximum Gasteiger partial charge on any atom is 0.416 e. The molecule has 12 heteroatoms. The molecule has 3 aromatic heterocycles. The van der Waals surface area contributed by atoms with Crippen molar-refractivity contribution in [2.75, 3.05) is 41.8 Å². The van der Waals surface area contributed by atoms with Gasteiger partial charge in [0.1, 0.15) is 0 Å². The summed E-state index contributed by atoms with van der Waals surface area (Å²) in [5.74, 6) is -0.166. The highest BCUT2D eigenvalue weighted by Gasteiger charge is 2.31.